The van der Waals surface area contributed by atoms with Gasteiger partial charge in [-0.05, 0) is 104 Å². The maximum absolute atomic E-state index is 12.4. The first-order valence-corrected chi connectivity index (χ1v) is 17.4. The SMILES string of the molecule is C[C@@H]1CC2O[C@]3(C[C@@]4(C)[C@@H]5[C@@H](O)C[C@H]6C(C)(C)[C@@H](O[C@H]7OC[C@H](O)[C@@H](O)[C@@H]7O)CC[C@@]67C[C@@]57CC[C@]4(C)[C@@H]13)O[C@@H]2C(C)(C)O. The largest absolute Gasteiger partial charge is 0.393 e. The Kier molecular flexibility index (Phi) is 6.33. The van der Waals surface area contributed by atoms with E-state index in [9.17, 15) is 25.5 Å². The summed E-state index contributed by atoms with van der Waals surface area (Å²) >= 11 is 0. The second-order valence-electron chi connectivity index (χ2n) is 18.4. The van der Waals surface area contributed by atoms with Crippen LogP contribution in [-0.2, 0) is 18.9 Å². The van der Waals surface area contributed by atoms with Crippen LogP contribution < -0.4 is 0 Å². The molecule has 1 unspecified atom stereocenters. The van der Waals surface area contributed by atoms with Crippen molar-refractivity contribution in [3.8, 4) is 0 Å². The molecule has 3 saturated heterocycles. The molecule has 0 aromatic heterocycles. The Morgan fingerprint density at radius 1 is 0.795 bits per heavy atom. The van der Waals surface area contributed by atoms with Crippen LogP contribution in [-0.4, -0.2) is 92.5 Å². The van der Waals surface area contributed by atoms with Gasteiger partial charge in [-0.3, -0.25) is 0 Å². The van der Waals surface area contributed by atoms with Crippen molar-refractivity contribution < 1.29 is 44.5 Å². The molecule has 8 fully saturated rings. The molecule has 9 nitrogen and oxygen atoms in total. The molecule has 2 bridgehead atoms. The summed E-state index contributed by atoms with van der Waals surface area (Å²) in [6.45, 7) is 15.4. The summed E-state index contributed by atoms with van der Waals surface area (Å²) in [4.78, 5) is 0. The van der Waals surface area contributed by atoms with Crippen molar-refractivity contribution in [3.63, 3.8) is 0 Å². The number of ether oxygens (including phenoxy) is 4. The molecule has 250 valence electrons. The second-order valence-corrected chi connectivity index (χ2v) is 18.4. The summed E-state index contributed by atoms with van der Waals surface area (Å²) < 4.78 is 25.9. The number of fused-ring (bicyclic) bond motifs is 4. The maximum Gasteiger partial charge on any atom is 0.186 e. The number of hydrogen-bond acceptors (Lipinski definition) is 9. The van der Waals surface area contributed by atoms with Gasteiger partial charge in [0, 0.05) is 12.3 Å². The highest BCUT2D eigenvalue weighted by Gasteiger charge is 2.87. The summed E-state index contributed by atoms with van der Waals surface area (Å²) in [5, 5.41) is 54.2. The van der Waals surface area contributed by atoms with E-state index < -0.39 is 42.1 Å². The van der Waals surface area contributed by atoms with Gasteiger partial charge in [0.25, 0.3) is 0 Å². The van der Waals surface area contributed by atoms with E-state index in [0.717, 1.165) is 44.9 Å². The van der Waals surface area contributed by atoms with Crippen LogP contribution in [0.2, 0.25) is 0 Å². The van der Waals surface area contributed by atoms with Crippen molar-refractivity contribution in [1.82, 2.24) is 0 Å². The molecule has 3 spiro atoms. The zero-order chi connectivity index (χ0) is 31.6. The highest BCUT2D eigenvalue weighted by molar-refractivity contribution is 5.34. The lowest BCUT2D eigenvalue weighted by Gasteiger charge is -2.64. The zero-order valence-electron chi connectivity index (χ0n) is 27.7. The summed E-state index contributed by atoms with van der Waals surface area (Å²) in [5.41, 5.74) is -1.28. The van der Waals surface area contributed by atoms with Crippen molar-refractivity contribution in [1.29, 1.82) is 0 Å². The molecule has 8 aliphatic rings. The summed E-state index contributed by atoms with van der Waals surface area (Å²) in [6, 6.07) is 0. The molecule has 0 radical (unpaired) electrons. The molecule has 5 aliphatic carbocycles. The number of rotatable bonds is 3. The van der Waals surface area contributed by atoms with E-state index in [-0.39, 0.29) is 69.7 Å². The molecule has 5 N–H and O–H groups in total. The Labute approximate surface area is 262 Å². The molecule has 3 heterocycles. The van der Waals surface area contributed by atoms with Crippen molar-refractivity contribution in [2.24, 2.45) is 50.7 Å². The molecular formula is C35H56O9. The molecule has 17 atom stereocenters. The monoisotopic (exact) mass is 620 g/mol. The summed E-state index contributed by atoms with van der Waals surface area (Å²) in [7, 11) is 0. The number of aliphatic hydroxyl groups excluding tert-OH is 4. The zero-order valence-corrected chi connectivity index (χ0v) is 27.7. The topological polar surface area (TPSA) is 138 Å². The van der Waals surface area contributed by atoms with Crippen molar-refractivity contribution >= 4 is 0 Å². The molecule has 3 aliphatic heterocycles. The fourth-order valence-electron chi connectivity index (χ4n) is 14.0. The van der Waals surface area contributed by atoms with Crippen molar-refractivity contribution in [3.05, 3.63) is 0 Å². The van der Waals surface area contributed by atoms with Gasteiger partial charge < -0.3 is 44.5 Å². The Balaban J connectivity index is 1.10. The molecular weight excluding hydrogens is 564 g/mol. The minimum Gasteiger partial charge on any atom is -0.393 e. The molecule has 0 amide bonds. The Hall–Kier alpha value is -0.360. The van der Waals surface area contributed by atoms with Gasteiger partial charge in [-0.15, -0.1) is 0 Å². The van der Waals surface area contributed by atoms with Crippen LogP contribution in [0.5, 0.6) is 0 Å². The first kappa shape index (κ1) is 30.9. The lowest BCUT2D eigenvalue weighted by Crippen LogP contribution is -2.63. The fraction of sp³-hybridized carbons (Fsp3) is 1.00. The standard InChI is InChI=1S/C35H56O9/c1-17-12-20-27(30(4,5)40)44-35(43-20)15-32(7)26-18(36)13-21-29(2,3)22(42-28-24(39)23(38)19(37)14-41-28)8-9-33(21)16-34(26,33)11-10-31(32,6)25(17)35/h17-28,36-40H,8-16H2,1-7H3/t17-,18+,19+,20?,21+,22+,23-,24+,25-,26+,27+,28-,31-,32+,33-,34+,35-/m1/s1. The van der Waals surface area contributed by atoms with Gasteiger partial charge in [0.05, 0.1) is 30.5 Å². The second kappa shape index (κ2) is 9.00. The smallest absolute Gasteiger partial charge is 0.186 e. The van der Waals surface area contributed by atoms with E-state index in [1.54, 1.807) is 0 Å². The molecule has 8 rings (SSSR count). The Bertz CT molecular complexity index is 1200. The Morgan fingerprint density at radius 3 is 2.23 bits per heavy atom. The normalized spacial score (nSPS) is 62.2. The average molecular weight is 621 g/mol. The summed E-state index contributed by atoms with van der Waals surface area (Å²) in [6.07, 6.45) is 1.70. The van der Waals surface area contributed by atoms with E-state index in [1.807, 2.05) is 13.8 Å². The fourth-order valence-corrected chi connectivity index (χ4v) is 14.0. The van der Waals surface area contributed by atoms with Crippen LogP contribution in [0.3, 0.4) is 0 Å². The van der Waals surface area contributed by atoms with E-state index >= 15 is 0 Å². The van der Waals surface area contributed by atoms with Crippen molar-refractivity contribution in [2.45, 2.75) is 160 Å². The lowest BCUT2D eigenvalue weighted by molar-refractivity contribution is -0.304. The van der Waals surface area contributed by atoms with E-state index in [1.165, 1.54) is 0 Å². The van der Waals surface area contributed by atoms with Crippen LogP contribution in [0, 0.1) is 50.7 Å². The van der Waals surface area contributed by atoms with Crippen LogP contribution in [0.15, 0.2) is 0 Å². The molecule has 44 heavy (non-hydrogen) atoms. The number of aliphatic hydroxyl groups is 5. The molecule has 0 aromatic rings. The average Bonchev–Trinajstić information content (AvgIpc) is 3.38. The van der Waals surface area contributed by atoms with Crippen LogP contribution in [0.1, 0.15) is 99.8 Å². The van der Waals surface area contributed by atoms with Gasteiger partial charge in [0.2, 0.25) is 0 Å². The van der Waals surface area contributed by atoms with E-state index in [4.69, 9.17) is 18.9 Å². The van der Waals surface area contributed by atoms with Crippen molar-refractivity contribution in [2.75, 3.05) is 6.61 Å². The van der Waals surface area contributed by atoms with Gasteiger partial charge in [0.15, 0.2) is 12.1 Å². The lowest BCUT2D eigenvalue weighted by atomic mass is 9.41. The summed E-state index contributed by atoms with van der Waals surface area (Å²) in [5.74, 6) is 0.319. The molecule has 0 aromatic carbocycles. The van der Waals surface area contributed by atoms with Crippen LogP contribution in [0.25, 0.3) is 0 Å². The third-order valence-corrected chi connectivity index (χ3v) is 15.7. The Morgan fingerprint density at radius 2 is 1.52 bits per heavy atom. The molecule has 5 saturated carbocycles. The van der Waals surface area contributed by atoms with Gasteiger partial charge in [-0.2, -0.15) is 0 Å². The minimum atomic E-state index is -1.31. The predicted molar refractivity (Wildman–Crippen MR) is 159 cm³/mol. The van der Waals surface area contributed by atoms with Crippen LogP contribution in [0.4, 0.5) is 0 Å². The first-order chi connectivity index (χ1) is 20.4. The highest BCUT2D eigenvalue weighted by atomic mass is 16.8. The van der Waals surface area contributed by atoms with E-state index in [0.29, 0.717) is 12.3 Å². The third-order valence-electron chi connectivity index (χ3n) is 15.7. The van der Waals surface area contributed by atoms with Crippen LogP contribution >= 0.6 is 0 Å². The maximum atomic E-state index is 12.4. The quantitative estimate of drug-likeness (QED) is 0.301. The third kappa shape index (κ3) is 3.53. The van der Waals surface area contributed by atoms with Gasteiger partial charge in [-0.1, -0.05) is 34.6 Å². The minimum absolute atomic E-state index is 0.0465. The van der Waals surface area contributed by atoms with E-state index in [2.05, 4.69) is 34.6 Å². The predicted octanol–water partition coefficient (Wildman–Crippen LogP) is 3.12. The number of hydrogen-bond donors (Lipinski definition) is 5. The van der Waals surface area contributed by atoms with Gasteiger partial charge in [-0.25, -0.2) is 0 Å². The van der Waals surface area contributed by atoms with Gasteiger partial charge >= 0.3 is 0 Å². The van der Waals surface area contributed by atoms with Gasteiger partial charge in [0.1, 0.15) is 24.4 Å². The molecule has 9 heteroatoms. The first-order valence-electron chi connectivity index (χ1n) is 17.4. The highest BCUT2D eigenvalue weighted by Crippen LogP contribution is 2.90.